The summed E-state index contributed by atoms with van der Waals surface area (Å²) in [5.74, 6) is 2.57. The number of amidine groups is 1. The van der Waals surface area contributed by atoms with Crippen LogP contribution in [0.1, 0.15) is 21.5 Å². The molecular weight excluding hydrogens is 374 g/mol. The van der Waals surface area contributed by atoms with Crippen LogP contribution in [-0.4, -0.2) is 47.7 Å². The largest absolute Gasteiger partial charge is 0.454 e. The maximum absolute atomic E-state index is 13.0. The van der Waals surface area contributed by atoms with E-state index in [4.69, 9.17) is 9.73 Å². The zero-order valence-corrected chi connectivity index (χ0v) is 16.9. The van der Waals surface area contributed by atoms with E-state index < -0.39 is 0 Å². The van der Waals surface area contributed by atoms with Crippen LogP contribution in [-0.2, 0) is 0 Å². The minimum absolute atomic E-state index is 0.102. The highest BCUT2D eigenvalue weighted by Gasteiger charge is 2.28. The molecule has 0 spiro atoms. The number of aliphatic imine (C=N–C) groups is 1. The maximum atomic E-state index is 13.0. The second-order valence-corrected chi connectivity index (χ2v) is 7.60. The smallest absolute Gasteiger partial charge is 0.254 e. The molecular formula is C25H23N3O2. The zero-order chi connectivity index (χ0) is 20.5. The van der Waals surface area contributed by atoms with E-state index in [1.54, 1.807) is 0 Å². The lowest BCUT2D eigenvalue weighted by Crippen LogP contribution is -2.50. The number of hydrogen-bond donors (Lipinski definition) is 0. The van der Waals surface area contributed by atoms with Crippen LogP contribution in [0.2, 0.25) is 0 Å². The number of para-hydroxylation sites is 3. The van der Waals surface area contributed by atoms with Crippen molar-refractivity contribution in [1.29, 1.82) is 0 Å². The molecule has 0 aromatic heterocycles. The van der Waals surface area contributed by atoms with Crippen molar-refractivity contribution in [2.75, 3.05) is 26.2 Å². The summed E-state index contributed by atoms with van der Waals surface area (Å²) in [5, 5.41) is 0. The van der Waals surface area contributed by atoms with Gasteiger partial charge in [0, 0.05) is 31.7 Å². The summed E-state index contributed by atoms with van der Waals surface area (Å²) < 4.78 is 6.15. The molecule has 0 bridgehead atoms. The van der Waals surface area contributed by atoms with Crippen molar-refractivity contribution in [1.82, 2.24) is 9.80 Å². The quantitative estimate of drug-likeness (QED) is 0.601. The molecule has 2 aliphatic rings. The highest BCUT2D eigenvalue weighted by Crippen LogP contribution is 2.37. The van der Waals surface area contributed by atoms with Crippen LogP contribution in [0, 0.1) is 6.92 Å². The lowest BCUT2D eigenvalue weighted by Gasteiger charge is -2.36. The van der Waals surface area contributed by atoms with Crippen LogP contribution in [0.4, 0.5) is 5.69 Å². The van der Waals surface area contributed by atoms with Crippen molar-refractivity contribution in [3.05, 3.63) is 89.5 Å². The standard InChI is InChI=1S/C25H23N3O2/c1-18-8-2-3-9-19(18)25(29)28-16-14-27(15-17-28)24-20-10-4-6-12-22(20)30-23-13-7-5-11-21(23)26-24/h2-13H,14-17H2,1H3. The predicted molar refractivity (Wildman–Crippen MR) is 118 cm³/mol. The van der Waals surface area contributed by atoms with Gasteiger partial charge < -0.3 is 14.5 Å². The SMILES string of the molecule is Cc1ccccc1C(=O)N1CCN(C2=Nc3ccccc3Oc3ccccc32)CC1. The summed E-state index contributed by atoms with van der Waals surface area (Å²) >= 11 is 0. The number of carbonyl (C=O) groups excluding carboxylic acids is 1. The van der Waals surface area contributed by atoms with E-state index >= 15 is 0 Å². The summed E-state index contributed by atoms with van der Waals surface area (Å²) in [6, 6.07) is 23.6. The Balaban J connectivity index is 1.41. The van der Waals surface area contributed by atoms with Gasteiger partial charge >= 0.3 is 0 Å². The van der Waals surface area contributed by atoms with Gasteiger partial charge in [0.15, 0.2) is 5.75 Å². The zero-order valence-electron chi connectivity index (χ0n) is 16.9. The average Bonchev–Trinajstić information content (AvgIpc) is 2.96. The summed E-state index contributed by atoms with van der Waals surface area (Å²) in [6.07, 6.45) is 0. The molecule has 1 fully saturated rings. The molecule has 0 radical (unpaired) electrons. The minimum atomic E-state index is 0.102. The number of hydrogen-bond acceptors (Lipinski definition) is 4. The number of rotatable bonds is 1. The third-order valence-electron chi connectivity index (χ3n) is 5.68. The number of fused-ring (bicyclic) bond motifs is 2. The second kappa shape index (κ2) is 7.67. The average molecular weight is 397 g/mol. The monoisotopic (exact) mass is 397 g/mol. The van der Waals surface area contributed by atoms with Gasteiger partial charge in [-0.3, -0.25) is 4.79 Å². The molecule has 1 saturated heterocycles. The molecule has 0 N–H and O–H groups in total. The first kappa shape index (κ1) is 18.4. The fourth-order valence-electron chi connectivity index (χ4n) is 4.01. The Morgan fingerprint density at radius 3 is 2.30 bits per heavy atom. The molecule has 1 amide bonds. The Hall–Kier alpha value is -3.60. The Morgan fingerprint density at radius 2 is 1.50 bits per heavy atom. The molecule has 5 nitrogen and oxygen atoms in total. The molecule has 0 aliphatic carbocycles. The molecule has 3 aromatic rings. The molecule has 30 heavy (non-hydrogen) atoms. The van der Waals surface area contributed by atoms with Crippen molar-refractivity contribution >= 4 is 17.4 Å². The van der Waals surface area contributed by atoms with Gasteiger partial charge in [-0.05, 0) is 42.8 Å². The van der Waals surface area contributed by atoms with Crippen LogP contribution >= 0.6 is 0 Å². The fraction of sp³-hybridized carbons (Fsp3) is 0.200. The number of amides is 1. The normalized spacial score (nSPS) is 15.4. The first-order valence-electron chi connectivity index (χ1n) is 10.3. The van der Waals surface area contributed by atoms with Gasteiger partial charge in [0.25, 0.3) is 5.91 Å². The summed E-state index contributed by atoms with van der Waals surface area (Å²) in [6.45, 7) is 4.77. The lowest BCUT2D eigenvalue weighted by atomic mass is 10.1. The van der Waals surface area contributed by atoms with Crippen LogP contribution in [0.15, 0.2) is 77.8 Å². The minimum Gasteiger partial charge on any atom is -0.454 e. The molecule has 5 heteroatoms. The Labute approximate surface area is 176 Å². The van der Waals surface area contributed by atoms with Gasteiger partial charge in [0.1, 0.15) is 17.3 Å². The van der Waals surface area contributed by atoms with E-state index in [0.717, 1.165) is 52.8 Å². The van der Waals surface area contributed by atoms with Gasteiger partial charge in [0.2, 0.25) is 0 Å². The van der Waals surface area contributed by atoms with E-state index in [1.807, 2.05) is 84.6 Å². The predicted octanol–water partition coefficient (Wildman–Crippen LogP) is 4.64. The lowest BCUT2D eigenvalue weighted by molar-refractivity contribution is 0.0691. The van der Waals surface area contributed by atoms with E-state index in [9.17, 15) is 4.79 Å². The third-order valence-corrected chi connectivity index (χ3v) is 5.68. The van der Waals surface area contributed by atoms with Crippen molar-refractivity contribution in [2.45, 2.75) is 6.92 Å². The topological polar surface area (TPSA) is 45.1 Å². The van der Waals surface area contributed by atoms with Crippen LogP contribution in [0.25, 0.3) is 0 Å². The van der Waals surface area contributed by atoms with Crippen molar-refractivity contribution in [3.8, 4) is 11.5 Å². The van der Waals surface area contributed by atoms with E-state index in [2.05, 4.69) is 4.90 Å². The first-order chi connectivity index (χ1) is 14.7. The van der Waals surface area contributed by atoms with Gasteiger partial charge in [-0.25, -0.2) is 4.99 Å². The molecule has 2 heterocycles. The van der Waals surface area contributed by atoms with Gasteiger partial charge in [-0.1, -0.05) is 42.5 Å². The molecule has 150 valence electrons. The van der Waals surface area contributed by atoms with E-state index in [0.29, 0.717) is 13.1 Å². The third kappa shape index (κ3) is 3.32. The van der Waals surface area contributed by atoms with Gasteiger partial charge in [0.05, 0.1) is 5.56 Å². The number of piperazine rings is 1. The van der Waals surface area contributed by atoms with Crippen molar-refractivity contribution < 1.29 is 9.53 Å². The van der Waals surface area contributed by atoms with Crippen LogP contribution in [0.3, 0.4) is 0 Å². The molecule has 0 saturated carbocycles. The molecule has 3 aromatic carbocycles. The van der Waals surface area contributed by atoms with E-state index in [-0.39, 0.29) is 5.91 Å². The van der Waals surface area contributed by atoms with Crippen molar-refractivity contribution in [3.63, 3.8) is 0 Å². The first-order valence-corrected chi connectivity index (χ1v) is 10.3. The molecule has 5 rings (SSSR count). The molecule has 2 aliphatic heterocycles. The fourth-order valence-corrected chi connectivity index (χ4v) is 4.01. The number of aryl methyl sites for hydroxylation is 1. The van der Waals surface area contributed by atoms with Gasteiger partial charge in [-0.2, -0.15) is 0 Å². The summed E-state index contributed by atoms with van der Waals surface area (Å²) in [4.78, 5) is 22.1. The Bertz CT molecular complexity index is 1130. The number of ether oxygens (including phenoxy) is 1. The highest BCUT2D eigenvalue weighted by atomic mass is 16.5. The number of benzene rings is 3. The number of nitrogens with zero attached hydrogens (tertiary/aromatic N) is 3. The summed E-state index contributed by atoms with van der Waals surface area (Å²) in [5.41, 5.74) is 3.60. The van der Waals surface area contributed by atoms with Crippen molar-refractivity contribution in [2.24, 2.45) is 4.99 Å². The van der Waals surface area contributed by atoms with Crippen LogP contribution in [0.5, 0.6) is 11.5 Å². The highest BCUT2D eigenvalue weighted by molar-refractivity contribution is 6.04. The molecule has 0 unspecified atom stereocenters. The Morgan fingerprint density at radius 1 is 0.833 bits per heavy atom. The van der Waals surface area contributed by atoms with E-state index in [1.165, 1.54) is 0 Å². The van der Waals surface area contributed by atoms with Crippen LogP contribution < -0.4 is 4.74 Å². The maximum Gasteiger partial charge on any atom is 0.254 e. The second-order valence-electron chi connectivity index (χ2n) is 7.60. The Kier molecular flexibility index (Phi) is 4.71. The van der Waals surface area contributed by atoms with Gasteiger partial charge in [-0.15, -0.1) is 0 Å². The number of carbonyl (C=O) groups is 1. The molecule has 0 atom stereocenters. The summed E-state index contributed by atoms with van der Waals surface area (Å²) in [7, 11) is 0.